The first-order valence-electron chi connectivity index (χ1n) is 5.29. The minimum absolute atomic E-state index is 0.0514. The second-order valence-corrected chi connectivity index (χ2v) is 3.70. The Morgan fingerprint density at radius 3 is 2.71 bits per heavy atom. The molecular weight excluding hydrogens is 220 g/mol. The fraction of sp³-hybridized carbons (Fsp3) is 0.333. The number of benzene rings is 1. The van der Waals surface area contributed by atoms with E-state index in [1.807, 2.05) is 0 Å². The number of aromatic hydroxyl groups is 1. The molecule has 1 rings (SSSR count). The summed E-state index contributed by atoms with van der Waals surface area (Å²) in [7, 11) is 3.18. The molecule has 0 radical (unpaired) electrons. The van der Waals surface area contributed by atoms with Gasteiger partial charge in [-0.1, -0.05) is 6.07 Å². The van der Waals surface area contributed by atoms with Gasteiger partial charge >= 0.3 is 0 Å². The van der Waals surface area contributed by atoms with Crippen LogP contribution in [0.1, 0.15) is 16.8 Å². The summed E-state index contributed by atoms with van der Waals surface area (Å²) in [5.41, 5.74) is 0.407. The van der Waals surface area contributed by atoms with Crippen LogP contribution in [0.25, 0.3) is 0 Å². The fourth-order valence-corrected chi connectivity index (χ4v) is 1.36. The minimum atomic E-state index is -0.218. The second kappa shape index (κ2) is 5.89. The number of phenolic OH excluding ortho intramolecular Hbond substituents is 1. The van der Waals surface area contributed by atoms with Crippen molar-refractivity contribution in [2.75, 3.05) is 20.6 Å². The molecule has 0 saturated carbocycles. The molecule has 2 N–H and O–H groups in total. The molecule has 0 aliphatic rings. The molecule has 0 atom stereocenters. The van der Waals surface area contributed by atoms with E-state index in [1.165, 1.54) is 17.0 Å². The number of hydrogen-bond acceptors (Lipinski definition) is 3. The summed E-state index contributed by atoms with van der Waals surface area (Å²) < 4.78 is 0. The van der Waals surface area contributed by atoms with Gasteiger partial charge in [0.05, 0.1) is 0 Å². The number of amides is 2. The third-order valence-corrected chi connectivity index (χ3v) is 2.39. The first kappa shape index (κ1) is 13.0. The number of hydrogen-bond donors (Lipinski definition) is 2. The maximum Gasteiger partial charge on any atom is 0.253 e. The number of phenols is 1. The van der Waals surface area contributed by atoms with Gasteiger partial charge in [-0.2, -0.15) is 0 Å². The van der Waals surface area contributed by atoms with Gasteiger partial charge in [0.1, 0.15) is 5.75 Å². The van der Waals surface area contributed by atoms with E-state index >= 15 is 0 Å². The molecule has 0 spiro atoms. The molecule has 1 aromatic carbocycles. The van der Waals surface area contributed by atoms with Crippen molar-refractivity contribution in [2.45, 2.75) is 6.42 Å². The Morgan fingerprint density at radius 1 is 1.41 bits per heavy atom. The number of carbonyl (C=O) groups excluding carboxylic acids is 2. The lowest BCUT2D eigenvalue weighted by Gasteiger charge is -2.16. The second-order valence-electron chi connectivity index (χ2n) is 3.70. The predicted octanol–water partition coefficient (Wildman–Crippen LogP) is 0.600. The van der Waals surface area contributed by atoms with Gasteiger partial charge in [0.25, 0.3) is 5.91 Å². The number of carbonyl (C=O) groups is 2. The summed E-state index contributed by atoms with van der Waals surface area (Å²) in [6.07, 6.45) is 0.261. The third kappa shape index (κ3) is 3.79. The van der Waals surface area contributed by atoms with Crippen LogP contribution in [0.4, 0.5) is 0 Å². The van der Waals surface area contributed by atoms with Crippen LogP contribution in [0.3, 0.4) is 0 Å². The first-order chi connectivity index (χ1) is 8.04. The highest BCUT2D eigenvalue weighted by Gasteiger charge is 2.12. The summed E-state index contributed by atoms with van der Waals surface area (Å²) in [6, 6.07) is 6.13. The molecule has 5 heteroatoms. The molecular formula is C12H16N2O3. The summed E-state index contributed by atoms with van der Waals surface area (Å²) in [5.74, 6) is -0.277. The van der Waals surface area contributed by atoms with Crippen LogP contribution < -0.4 is 5.32 Å². The van der Waals surface area contributed by atoms with E-state index < -0.39 is 0 Å². The summed E-state index contributed by atoms with van der Waals surface area (Å²) >= 11 is 0. The predicted molar refractivity (Wildman–Crippen MR) is 63.8 cm³/mol. The van der Waals surface area contributed by atoms with E-state index in [1.54, 1.807) is 26.2 Å². The van der Waals surface area contributed by atoms with Gasteiger partial charge in [0, 0.05) is 32.6 Å². The maximum atomic E-state index is 11.9. The molecule has 0 heterocycles. The Labute approximate surface area is 100 Å². The molecule has 0 fully saturated rings. The normalized spacial score (nSPS) is 9.76. The summed E-state index contributed by atoms with van der Waals surface area (Å²) in [4.78, 5) is 24.4. The van der Waals surface area contributed by atoms with E-state index in [0.29, 0.717) is 12.1 Å². The Bertz CT molecular complexity index is 418. The van der Waals surface area contributed by atoms with Crippen molar-refractivity contribution in [3.8, 4) is 5.75 Å². The van der Waals surface area contributed by atoms with Crippen molar-refractivity contribution in [3.05, 3.63) is 29.8 Å². The fourth-order valence-electron chi connectivity index (χ4n) is 1.36. The van der Waals surface area contributed by atoms with E-state index in [9.17, 15) is 14.7 Å². The first-order valence-corrected chi connectivity index (χ1v) is 5.29. The van der Waals surface area contributed by atoms with Gasteiger partial charge in [-0.25, -0.2) is 0 Å². The lowest BCUT2D eigenvalue weighted by molar-refractivity contribution is -0.120. The number of nitrogens with one attached hydrogen (secondary N) is 1. The Balaban J connectivity index is 2.61. The monoisotopic (exact) mass is 236 g/mol. The average molecular weight is 236 g/mol. The lowest BCUT2D eigenvalue weighted by Crippen LogP contribution is -2.31. The Morgan fingerprint density at radius 2 is 2.12 bits per heavy atom. The molecule has 0 saturated heterocycles. The third-order valence-electron chi connectivity index (χ3n) is 2.39. The van der Waals surface area contributed by atoms with E-state index in [4.69, 9.17) is 0 Å². The van der Waals surface area contributed by atoms with Gasteiger partial charge in [0.2, 0.25) is 5.91 Å². The molecule has 0 bridgehead atoms. The summed E-state index contributed by atoms with van der Waals surface area (Å²) in [6.45, 7) is 0.341. The highest BCUT2D eigenvalue weighted by molar-refractivity contribution is 5.94. The zero-order valence-corrected chi connectivity index (χ0v) is 9.93. The topological polar surface area (TPSA) is 69.6 Å². The zero-order chi connectivity index (χ0) is 12.8. The molecule has 0 aromatic heterocycles. The van der Waals surface area contributed by atoms with Crippen molar-refractivity contribution >= 4 is 11.8 Å². The number of rotatable bonds is 4. The van der Waals surface area contributed by atoms with Gasteiger partial charge in [-0.15, -0.1) is 0 Å². The Hall–Kier alpha value is -2.04. The van der Waals surface area contributed by atoms with Crippen LogP contribution in [0.15, 0.2) is 24.3 Å². The van der Waals surface area contributed by atoms with Crippen LogP contribution in [0, 0.1) is 0 Å². The van der Waals surface area contributed by atoms with Crippen molar-refractivity contribution < 1.29 is 14.7 Å². The van der Waals surface area contributed by atoms with Crippen LogP contribution in [0.2, 0.25) is 0 Å². The van der Waals surface area contributed by atoms with Gasteiger partial charge < -0.3 is 15.3 Å². The van der Waals surface area contributed by atoms with Gasteiger partial charge in [-0.3, -0.25) is 9.59 Å². The highest BCUT2D eigenvalue weighted by Crippen LogP contribution is 2.12. The van der Waals surface area contributed by atoms with E-state index in [0.717, 1.165) is 0 Å². The van der Waals surface area contributed by atoms with Crippen molar-refractivity contribution in [3.63, 3.8) is 0 Å². The molecule has 0 aliphatic carbocycles. The molecule has 0 aliphatic heterocycles. The van der Waals surface area contributed by atoms with Crippen molar-refractivity contribution in [1.29, 1.82) is 0 Å². The average Bonchev–Trinajstić information content (AvgIpc) is 2.34. The number of nitrogens with zero attached hydrogens (tertiary/aromatic N) is 1. The smallest absolute Gasteiger partial charge is 0.253 e. The van der Waals surface area contributed by atoms with E-state index in [2.05, 4.69) is 5.32 Å². The molecule has 17 heavy (non-hydrogen) atoms. The molecule has 0 unspecified atom stereocenters. The van der Waals surface area contributed by atoms with E-state index in [-0.39, 0.29) is 24.0 Å². The SMILES string of the molecule is CNC(=O)CCN(C)C(=O)c1cccc(O)c1. The molecule has 92 valence electrons. The van der Waals surface area contributed by atoms with Crippen LogP contribution in [-0.4, -0.2) is 42.5 Å². The lowest BCUT2D eigenvalue weighted by atomic mass is 10.2. The maximum absolute atomic E-state index is 11.9. The summed E-state index contributed by atoms with van der Waals surface area (Å²) in [5, 5.41) is 11.8. The molecule has 2 amide bonds. The molecule has 1 aromatic rings. The van der Waals surface area contributed by atoms with Gasteiger partial charge in [-0.05, 0) is 18.2 Å². The Kier molecular flexibility index (Phi) is 4.51. The van der Waals surface area contributed by atoms with Crippen LogP contribution in [-0.2, 0) is 4.79 Å². The largest absolute Gasteiger partial charge is 0.508 e. The quantitative estimate of drug-likeness (QED) is 0.804. The van der Waals surface area contributed by atoms with Crippen molar-refractivity contribution in [1.82, 2.24) is 10.2 Å². The minimum Gasteiger partial charge on any atom is -0.508 e. The van der Waals surface area contributed by atoms with Crippen molar-refractivity contribution in [2.24, 2.45) is 0 Å². The van der Waals surface area contributed by atoms with Crippen LogP contribution in [0.5, 0.6) is 5.75 Å². The van der Waals surface area contributed by atoms with Gasteiger partial charge in [0.15, 0.2) is 0 Å². The standard InChI is InChI=1S/C12H16N2O3/c1-13-11(16)6-7-14(2)12(17)9-4-3-5-10(15)8-9/h3-5,8,15H,6-7H2,1-2H3,(H,13,16). The highest BCUT2D eigenvalue weighted by atomic mass is 16.3. The van der Waals surface area contributed by atoms with Crippen LogP contribution >= 0.6 is 0 Å². The zero-order valence-electron chi connectivity index (χ0n) is 9.93. The molecule has 5 nitrogen and oxygen atoms in total.